The number of pyridine rings is 1. The Bertz CT molecular complexity index is 1410. The third-order valence-corrected chi connectivity index (χ3v) is 7.98. The largest absolute Gasteiger partial charge is 0.494 e. The van der Waals surface area contributed by atoms with Gasteiger partial charge in [0.15, 0.2) is 5.78 Å². The molecular weight excluding hydrogens is 490 g/mol. The Morgan fingerprint density at radius 1 is 1.24 bits per heavy atom. The molecule has 1 fully saturated rings. The highest BCUT2D eigenvalue weighted by Crippen LogP contribution is 2.38. The number of amides is 1. The molecule has 1 aromatic carbocycles. The van der Waals surface area contributed by atoms with Crippen molar-refractivity contribution in [3.63, 3.8) is 0 Å². The summed E-state index contributed by atoms with van der Waals surface area (Å²) < 4.78 is 33.6. The van der Waals surface area contributed by atoms with E-state index in [0.29, 0.717) is 30.6 Å². The zero-order valence-electron chi connectivity index (χ0n) is 21.9. The fourth-order valence-electron chi connectivity index (χ4n) is 5.09. The summed E-state index contributed by atoms with van der Waals surface area (Å²) in [4.78, 5) is 32.1. The summed E-state index contributed by atoms with van der Waals surface area (Å²) in [7, 11) is -4.34. The SMILES string of the molecule is CCOc1cc(C)cc(-c2ccc(C(=O)NS(=O)(=O)C3=CC=CCC3=O)c(N3C[C@@H](C)CC3(C)C)n2)c1. The molecule has 9 heteroatoms. The van der Waals surface area contributed by atoms with Crippen molar-refractivity contribution >= 4 is 27.5 Å². The van der Waals surface area contributed by atoms with E-state index in [2.05, 4.69) is 30.4 Å². The number of aromatic nitrogens is 1. The molecule has 2 heterocycles. The first-order valence-electron chi connectivity index (χ1n) is 12.4. The number of benzene rings is 1. The van der Waals surface area contributed by atoms with E-state index < -0.39 is 26.6 Å². The summed E-state index contributed by atoms with van der Waals surface area (Å²) in [6.07, 6.45) is 5.15. The van der Waals surface area contributed by atoms with E-state index in [9.17, 15) is 18.0 Å². The number of anilines is 1. The highest BCUT2D eigenvalue weighted by molar-refractivity contribution is 7.95. The molecule has 1 atom stereocenters. The lowest BCUT2D eigenvalue weighted by Gasteiger charge is -2.34. The molecule has 1 saturated heterocycles. The van der Waals surface area contributed by atoms with Crippen LogP contribution in [0.3, 0.4) is 0 Å². The van der Waals surface area contributed by atoms with Crippen LogP contribution in [0.4, 0.5) is 5.82 Å². The van der Waals surface area contributed by atoms with Crippen LogP contribution in [0.25, 0.3) is 11.3 Å². The van der Waals surface area contributed by atoms with Gasteiger partial charge < -0.3 is 9.64 Å². The van der Waals surface area contributed by atoms with Crippen molar-refractivity contribution in [2.75, 3.05) is 18.1 Å². The summed E-state index contributed by atoms with van der Waals surface area (Å²) in [5.41, 5.74) is 2.32. The van der Waals surface area contributed by atoms with Gasteiger partial charge in [0.2, 0.25) is 0 Å². The van der Waals surface area contributed by atoms with E-state index in [1.165, 1.54) is 12.2 Å². The van der Waals surface area contributed by atoms with Gasteiger partial charge in [-0.1, -0.05) is 19.1 Å². The molecule has 0 saturated carbocycles. The number of nitrogens with one attached hydrogen (secondary N) is 1. The van der Waals surface area contributed by atoms with E-state index in [0.717, 1.165) is 23.3 Å². The number of Topliss-reactive ketones (excluding diaryl/α,β-unsaturated/α-hetero) is 1. The van der Waals surface area contributed by atoms with Crippen LogP contribution in [0.15, 0.2) is 53.5 Å². The molecule has 0 unspecified atom stereocenters. The van der Waals surface area contributed by atoms with E-state index in [4.69, 9.17) is 9.72 Å². The van der Waals surface area contributed by atoms with Crippen LogP contribution in [0.5, 0.6) is 5.75 Å². The number of hydrogen-bond acceptors (Lipinski definition) is 7. The van der Waals surface area contributed by atoms with E-state index in [1.54, 1.807) is 18.2 Å². The molecule has 0 radical (unpaired) electrons. The van der Waals surface area contributed by atoms with Gasteiger partial charge in [0.1, 0.15) is 16.5 Å². The third-order valence-electron chi connectivity index (χ3n) is 6.58. The Kier molecular flexibility index (Phi) is 7.28. The number of carbonyl (C=O) groups is 2. The second-order valence-electron chi connectivity index (χ2n) is 10.3. The van der Waals surface area contributed by atoms with Gasteiger partial charge in [-0.05, 0) is 82.0 Å². The first-order chi connectivity index (χ1) is 17.4. The van der Waals surface area contributed by atoms with Crippen molar-refractivity contribution in [3.8, 4) is 17.0 Å². The van der Waals surface area contributed by atoms with Crippen molar-refractivity contribution < 1.29 is 22.7 Å². The minimum absolute atomic E-state index is 0.0253. The number of allylic oxidation sites excluding steroid dienone is 4. The number of sulfonamides is 1. The molecule has 1 aromatic heterocycles. The summed E-state index contributed by atoms with van der Waals surface area (Å²) in [5, 5.41) is 0. The Hall–Kier alpha value is -3.46. The quantitative estimate of drug-likeness (QED) is 0.567. The Balaban J connectivity index is 1.78. The van der Waals surface area contributed by atoms with Crippen LogP contribution in [0.1, 0.15) is 56.5 Å². The van der Waals surface area contributed by atoms with E-state index >= 15 is 0 Å². The van der Waals surface area contributed by atoms with Gasteiger partial charge in [0.25, 0.3) is 15.9 Å². The van der Waals surface area contributed by atoms with Gasteiger partial charge in [-0.3, -0.25) is 9.59 Å². The van der Waals surface area contributed by atoms with Gasteiger partial charge >= 0.3 is 0 Å². The van der Waals surface area contributed by atoms with Crippen molar-refractivity contribution in [2.45, 2.75) is 53.0 Å². The standard InChI is InChI=1S/C28H33N3O5S/c1-6-36-21-14-18(2)13-20(15-21)23-12-11-22(26(29-23)31-17-19(3)16-28(31,4)5)27(33)30-37(34,35)25-10-8-7-9-24(25)32/h7-8,10-15,19H,6,9,16-17H2,1-5H3,(H,30,33)/t19-/m0/s1. The number of hydrogen-bond donors (Lipinski definition) is 1. The smallest absolute Gasteiger partial charge is 0.268 e. The Labute approximate surface area is 218 Å². The Morgan fingerprint density at radius 2 is 2.00 bits per heavy atom. The minimum atomic E-state index is -4.34. The molecule has 0 spiro atoms. The predicted octanol–water partition coefficient (Wildman–Crippen LogP) is 4.55. The lowest BCUT2D eigenvalue weighted by Crippen LogP contribution is -2.41. The molecule has 1 N–H and O–H groups in total. The lowest BCUT2D eigenvalue weighted by molar-refractivity contribution is -0.114. The van der Waals surface area contributed by atoms with Gasteiger partial charge in [-0.2, -0.15) is 0 Å². The summed E-state index contributed by atoms with van der Waals surface area (Å²) in [6.45, 7) is 11.4. The maximum absolute atomic E-state index is 13.4. The maximum atomic E-state index is 13.4. The first-order valence-corrected chi connectivity index (χ1v) is 13.9. The molecular formula is C28H33N3O5S. The molecule has 8 nitrogen and oxygen atoms in total. The van der Waals surface area contributed by atoms with Crippen molar-refractivity contribution in [1.29, 1.82) is 0 Å². The third kappa shape index (κ3) is 5.61. The maximum Gasteiger partial charge on any atom is 0.268 e. The average Bonchev–Trinajstić information content (AvgIpc) is 3.10. The number of rotatable bonds is 7. The van der Waals surface area contributed by atoms with Crippen molar-refractivity contribution in [1.82, 2.24) is 9.71 Å². The van der Waals surface area contributed by atoms with Crippen LogP contribution in [0.2, 0.25) is 0 Å². The van der Waals surface area contributed by atoms with E-state index in [-0.39, 0.29) is 17.5 Å². The second-order valence-corrected chi connectivity index (χ2v) is 11.9. The van der Waals surface area contributed by atoms with Crippen LogP contribution in [0, 0.1) is 12.8 Å². The van der Waals surface area contributed by atoms with Crippen molar-refractivity contribution in [2.24, 2.45) is 5.92 Å². The van der Waals surface area contributed by atoms with Gasteiger partial charge in [0, 0.05) is 24.1 Å². The molecule has 37 heavy (non-hydrogen) atoms. The van der Waals surface area contributed by atoms with Gasteiger partial charge in [-0.15, -0.1) is 0 Å². The highest BCUT2D eigenvalue weighted by atomic mass is 32.2. The predicted molar refractivity (Wildman–Crippen MR) is 144 cm³/mol. The molecule has 1 aliphatic heterocycles. The summed E-state index contributed by atoms with van der Waals surface area (Å²) in [6, 6.07) is 9.14. The van der Waals surface area contributed by atoms with Crippen LogP contribution >= 0.6 is 0 Å². The molecule has 2 aliphatic rings. The van der Waals surface area contributed by atoms with Gasteiger partial charge in [0.05, 0.1) is 17.9 Å². The van der Waals surface area contributed by atoms with Crippen LogP contribution < -0.4 is 14.4 Å². The zero-order chi connectivity index (χ0) is 27.0. The fourth-order valence-corrected chi connectivity index (χ4v) is 6.20. The molecule has 1 amide bonds. The molecule has 0 bridgehead atoms. The summed E-state index contributed by atoms with van der Waals surface area (Å²) >= 11 is 0. The Morgan fingerprint density at radius 3 is 2.65 bits per heavy atom. The fraction of sp³-hybridized carbons (Fsp3) is 0.393. The van der Waals surface area contributed by atoms with Gasteiger partial charge in [-0.25, -0.2) is 18.1 Å². The van der Waals surface area contributed by atoms with Crippen molar-refractivity contribution in [3.05, 3.63) is 64.6 Å². The lowest BCUT2D eigenvalue weighted by atomic mass is 9.97. The zero-order valence-corrected chi connectivity index (χ0v) is 22.7. The molecule has 196 valence electrons. The highest BCUT2D eigenvalue weighted by Gasteiger charge is 2.39. The van der Waals surface area contributed by atoms with E-state index in [1.807, 2.05) is 32.0 Å². The number of ether oxygens (including phenoxy) is 1. The monoisotopic (exact) mass is 523 g/mol. The number of ketones is 1. The normalized spacial score (nSPS) is 19.1. The minimum Gasteiger partial charge on any atom is -0.494 e. The molecule has 1 aliphatic carbocycles. The second kappa shape index (κ2) is 10.1. The van der Waals surface area contributed by atoms with Crippen LogP contribution in [-0.4, -0.2) is 43.8 Å². The number of nitrogens with zero attached hydrogens (tertiary/aromatic N) is 2. The first kappa shape index (κ1) is 26.6. The number of carbonyl (C=O) groups excluding carboxylic acids is 2. The number of aryl methyl sites for hydroxylation is 1. The molecule has 4 rings (SSSR count). The topological polar surface area (TPSA) is 106 Å². The summed E-state index contributed by atoms with van der Waals surface area (Å²) in [5.74, 6) is 0.106. The average molecular weight is 524 g/mol. The molecule has 2 aromatic rings. The van der Waals surface area contributed by atoms with Crippen LogP contribution in [-0.2, 0) is 14.8 Å².